The van der Waals surface area contributed by atoms with Gasteiger partial charge in [-0.25, -0.2) is 0 Å². The second-order valence-corrected chi connectivity index (χ2v) is 5.13. The lowest BCUT2D eigenvalue weighted by Crippen LogP contribution is -2.25. The summed E-state index contributed by atoms with van der Waals surface area (Å²) >= 11 is 3.41. The Morgan fingerprint density at radius 2 is 1.94 bits per heavy atom. The molecule has 17 heavy (non-hydrogen) atoms. The topological polar surface area (TPSA) is 21.3 Å². The molecule has 0 spiro atoms. The minimum Gasteiger partial charge on any atom is -0.494 e. The van der Waals surface area contributed by atoms with E-state index in [0.29, 0.717) is 6.04 Å². The number of nitrogens with one attached hydrogen (secondary N) is 1. The number of hydrogen-bond acceptors (Lipinski definition) is 2. The van der Waals surface area contributed by atoms with Crippen LogP contribution in [0.1, 0.15) is 32.6 Å². The molecule has 0 bridgehead atoms. The first-order chi connectivity index (χ1) is 8.26. The van der Waals surface area contributed by atoms with Gasteiger partial charge in [0.2, 0.25) is 0 Å². The van der Waals surface area contributed by atoms with E-state index in [4.69, 9.17) is 4.74 Å². The van der Waals surface area contributed by atoms with Crippen molar-refractivity contribution in [1.82, 2.24) is 5.32 Å². The quantitative estimate of drug-likeness (QED) is 0.733. The third-order valence-electron chi connectivity index (χ3n) is 2.82. The summed E-state index contributed by atoms with van der Waals surface area (Å²) in [6, 6.07) is 8.62. The predicted molar refractivity (Wildman–Crippen MR) is 76.6 cm³/mol. The first-order valence-electron chi connectivity index (χ1n) is 6.32. The summed E-state index contributed by atoms with van der Waals surface area (Å²) in [5.74, 6) is 0.949. The Morgan fingerprint density at radius 1 is 1.24 bits per heavy atom. The van der Waals surface area contributed by atoms with E-state index in [1.165, 1.54) is 19.3 Å². The molecule has 2 nitrogen and oxygen atoms in total. The Balaban J connectivity index is 2.17. The van der Waals surface area contributed by atoms with Crippen molar-refractivity contribution in [3.8, 4) is 5.75 Å². The average molecular weight is 300 g/mol. The van der Waals surface area contributed by atoms with Gasteiger partial charge in [0.1, 0.15) is 5.75 Å². The second-order valence-electron chi connectivity index (χ2n) is 4.22. The van der Waals surface area contributed by atoms with E-state index in [9.17, 15) is 0 Å². The van der Waals surface area contributed by atoms with E-state index in [2.05, 4.69) is 28.2 Å². The van der Waals surface area contributed by atoms with Crippen LogP contribution in [0.5, 0.6) is 5.75 Å². The summed E-state index contributed by atoms with van der Waals surface area (Å²) in [6.45, 7) is 3.02. The summed E-state index contributed by atoms with van der Waals surface area (Å²) in [7, 11) is 2.04. The van der Waals surface area contributed by atoms with Crippen molar-refractivity contribution in [2.75, 3.05) is 13.7 Å². The number of halogens is 1. The van der Waals surface area contributed by atoms with Crippen LogP contribution in [0.25, 0.3) is 0 Å². The van der Waals surface area contributed by atoms with Gasteiger partial charge in [-0.05, 0) is 50.6 Å². The summed E-state index contributed by atoms with van der Waals surface area (Å²) in [6.07, 6.45) is 4.76. The average Bonchev–Trinajstić information content (AvgIpc) is 2.35. The van der Waals surface area contributed by atoms with Crippen molar-refractivity contribution in [1.29, 1.82) is 0 Å². The van der Waals surface area contributed by atoms with E-state index in [0.717, 1.165) is 23.2 Å². The Hall–Kier alpha value is -0.540. The van der Waals surface area contributed by atoms with Gasteiger partial charge in [0, 0.05) is 10.5 Å². The van der Waals surface area contributed by atoms with Gasteiger partial charge in [-0.2, -0.15) is 0 Å². The van der Waals surface area contributed by atoms with E-state index in [-0.39, 0.29) is 0 Å². The highest BCUT2D eigenvalue weighted by molar-refractivity contribution is 9.10. The van der Waals surface area contributed by atoms with Crippen molar-refractivity contribution in [2.45, 2.75) is 38.6 Å². The highest BCUT2D eigenvalue weighted by atomic mass is 79.9. The monoisotopic (exact) mass is 299 g/mol. The van der Waals surface area contributed by atoms with Crippen LogP contribution in [-0.4, -0.2) is 19.7 Å². The molecule has 0 aliphatic rings. The number of rotatable bonds is 8. The van der Waals surface area contributed by atoms with Crippen LogP contribution in [0.2, 0.25) is 0 Å². The van der Waals surface area contributed by atoms with Crippen LogP contribution in [0.15, 0.2) is 28.7 Å². The largest absolute Gasteiger partial charge is 0.494 e. The van der Waals surface area contributed by atoms with Gasteiger partial charge in [-0.15, -0.1) is 0 Å². The van der Waals surface area contributed by atoms with Crippen molar-refractivity contribution in [3.05, 3.63) is 28.7 Å². The van der Waals surface area contributed by atoms with E-state index in [1.807, 2.05) is 31.3 Å². The molecule has 0 saturated carbocycles. The first kappa shape index (κ1) is 14.5. The fraction of sp³-hybridized carbons (Fsp3) is 0.571. The van der Waals surface area contributed by atoms with E-state index in [1.54, 1.807) is 0 Å². The van der Waals surface area contributed by atoms with Crippen molar-refractivity contribution >= 4 is 15.9 Å². The molecule has 0 radical (unpaired) electrons. The summed E-state index contributed by atoms with van der Waals surface area (Å²) < 4.78 is 6.77. The molecule has 1 N–H and O–H groups in total. The molecule has 96 valence electrons. The maximum atomic E-state index is 5.69. The summed E-state index contributed by atoms with van der Waals surface area (Å²) in [4.78, 5) is 0. The van der Waals surface area contributed by atoms with Gasteiger partial charge in [-0.1, -0.05) is 29.3 Å². The van der Waals surface area contributed by atoms with Crippen LogP contribution in [-0.2, 0) is 0 Å². The molecule has 3 heteroatoms. The molecule has 0 aromatic heterocycles. The van der Waals surface area contributed by atoms with E-state index >= 15 is 0 Å². The second kappa shape index (κ2) is 8.54. The smallest absolute Gasteiger partial charge is 0.119 e. The Labute approximate surface area is 113 Å². The predicted octanol–water partition coefficient (Wildman–Crippen LogP) is 4.00. The number of ether oxygens (including phenoxy) is 1. The van der Waals surface area contributed by atoms with Crippen LogP contribution in [0, 0.1) is 0 Å². The normalized spacial score (nSPS) is 12.4. The fourth-order valence-corrected chi connectivity index (χ4v) is 2.10. The standard InChI is InChI=1S/C14H22BrNO/c1-3-5-13(16-2)6-4-11-17-14-9-7-12(15)8-10-14/h7-10,13,16H,3-6,11H2,1-2H3. The highest BCUT2D eigenvalue weighted by Gasteiger charge is 2.04. The van der Waals surface area contributed by atoms with Gasteiger partial charge >= 0.3 is 0 Å². The minimum absolute atomic E-state index is 0.633. The van der Waals surface area contributed by atoms with Gasteiger partial charge in [0.15, 0.2) is 0 Å². The SMILES string of the molecule is CCCC(CCCOc1ccc(Br)cc1)NC. The maximum absolute atomic E-state index is 5.69. The van der Waals surface area contributed by atoms with Crippen LogP contribution in [0.3, 0.4) is 0 Å². The van der Waals surface area contributed by atoms with Gasteiger partial charge in [0.05, 0.1) is 6.61 Å². The first-order valence-corrected chi connectivity index (χ1v) is 7.11. The van der Waals surface area contributed by atoms with Crippen LogP contribution in [0.4, 0.5) is 0 Å². The Morgan fingerprint density at radius 3 is 2.53 bits per heavy atom. The molecule has 0 aliphatic carbocycles. The fourth-order valence-electron chi connectivity index (χ4n) is 1.83. The lowest BCUT2D eigenvalue weighted by Gasteiger charge is -2.15. The lowest BCUT2D eigenvalue weighted by molar-refractivity contribution is 0.295. The lowest BCUT2D eigenvalue weighted by atomic mass is 10.1. The van der Waals surface area contributed by atoms with Crippen molar-refractivity contribution < 1.29 is 4.74 Å². The number of benzene rings is 1. The van der Waals surface area contributed by atoms with Crippen LogP contribution < -0.4 is 10.1 Å². The third kappa shape index (κ3) is 6.08. The van der Waals surface area contributed by atoms with Gasteiger partial charge in [-0.3, -0.25) is 0 Å². The molecule has 0 saturated heterocycles. The molecule has 0 fully saturated rings. The van der Waals surface area contributed by atoms with Crippen molar-refractivity contribution in [2.24, 2.45) is 0 Å². The molecule has 1 rings (SSSR count). The molecule has 0 heterocycles. The minimum atomic E-state index is 0.633. The Kier molecular flexibility index (Phi) is 7.29. The molecule has 1 unspecified atom stereocenters. The Bertz CT molecular complexity index is 300. The molecular formula is C14H22BrNO. The molecule has 1 aromatic carbocycles. The summed E-state index contributed by atoms with van der Waals surface area (Å²) in [5, 5.41) is 3.35. The van der Waals surface area contributed by atoms with E-state index < -0.39 is 0 Å². The van der Waals surface area contributed by atoms with Crippen molar-refractivity contribution in [3.63, 3.8) is 0 Å². The molecule has 0 aliphatic heterocycles. The highest BCUT2D eigenvalue weighted by Crippen LogP contribution is 2.16. The van der Waals surface area contributed by atoms with Gasteiger partial charge < -0.3 is 10.1 Å². The molecule has 1 aromatic rings. The zero-order chi connectivity index (χ0) is 12.5. The molecule has 1 atom stereocenters. The molecule has 0 amide bonds. The zero-order valence-electron chi connectivity index (χ0n) is 10.7. The van der Waals surface area contributed by atoms with Crippen LogP contribution >= 0.6 is 15.9 Å². The summed E-state index contributed by atoms with van der Waals surface area (Å²) in [5.41, 5.74) is 0. The maximum Gasteiger partial charge on any atom is 0.119 e. The molecular weight excluding hydrogens is 278 g/mol. The number of hydrogen-bond donors (Lipinski definition) is 1. The van der Waals surface area contributed by atoms with Gasteiger partial charge in [0.25, 0.3) is 0 Å². The zero-order valence-corrected chi connectivity index (χ0v) is 12.3. The third-order valence-corrected chi connectivity index (χ3v) is 3.35.